The van der Waals surface area contributed by atoms with Crippen molar-refractivity contribution in [1.82, 2.24) is 19.5 Å². The number of para-hydroxylation sites is 2. The van der Waals surface area contributed by atoms with E-state index in [-0.39, 0.29) is 0 Å². The largest absolute Gasteiger partial charge is 0.308 e. The van der Waals surface area contributed by atoms with Crippen LogP contribution in [-0.2, 0) is 0 Å². The molecule has 4 nitrogen and oxygen atoms in total. The van der Waals surface area contributed by atoms with Gasteiger partial charge in [-0.2, -0.15) is 0 Å². The van der Waals surface area contributed by atoms with Gasteiger partial charge >= 0.3 is 0 Å². The Hall–Kier alpha value is -6.43. The molecule has 10 aromatic rings. The van der Waals surface area contributed by atoms with Crippen LogP contribution in [0.25, 0.3) is 93.0 Å². The van der Waals surface area contributed by atoms with Gasteiger partial charge in [0.05, 0.1) is 16.7 Å². The molecule has 0 saturated heterocycles. The molecule has 0 N–H and O–H groups in total. The van der Waals surface area contributed by atoms with Crippen LogP contribution in [0.4, 0.5) is 0 Å². The average Bonchev–Trinajstić information content (AvgIpc) is 3.73. The molecule has 0 amide bonds. The standard InChI is InChI=1S/C45H28N4S/c1-3-14-29(15-4-1)31-18-13-19-32(26-31)44-46-43(30-16-5-2-6-17-30)47-45(48-44)37-27-36-35-22-9-12-25-41(35)50-42(36)28-40(37)49-38-23-10-7-20-33(38)34-21-8-11-24-39(34)49/h1-28H. The second kappa shape index (κ2) is 11.6. The molecular formula is C45H28N4S. The van der Waals surface area contributed by atoms with Crippen molar-refractivity contribution in [2.45, 2.75) is 0 Å². The van der Waals surface area contributed by atoms with Crippen LogP contribution in [0.1, 0.15) is 0 Å². The summed E-state index contributed by atoms with van der Waals surface area (Å²) in [5, 5.41) is 4.85. The van der Waals surface area contributed by atoms with Gasteiger partial charge in [-0.3, -0.25) is 0 Å². The van der Waals surface area contributed by atoms with Crippen molar-refractivity contribution in [3.8, 4) is 51.0 Å². The van der Waals surface area contributed by atoms with Gasteiger partial charge < -0.3 is 4.57 Å². The molecule has 5 heteroatoms. The molecule has 0 atom stereocenters. The van der Waals surface area contributed by atoms with Gasteiger partial charge in [0.15, 0.2) is 17.5 Å². The van der Waals surface area contributed by atoms with E-state index in [0.29, 0.717) is 17.5 Å². The SMILES string of the molecule is c1ccc(-c2cccc(-c3nc(-c4ccccc4)nc(-c4cc5c(cc4-n4c6ccccc6c6ccccc64)sc4ccccc45)n3)c2)cc1. The van der Waals surface area contributed by atoms with E-state index in [2.05, 4.69) is 150 Å². The summed E-state index contributed by atoms with van der Waals surface area (Å²) in [6.45, 7) is 0. The summed E-state index contributed by atoms with van der Waals surface area (Å²) >= 11 is 1.82. The van der Waals surface area contributed by atoms with Crippen molar-refractivity contribution in [2.75, 3.05) is 0 Å². The van der Waals surface area contributed by atoms with Crippen LogP contribution in [0.5, 0.6) is 0 Å². The molecule has 0 aliphatic rings. The van der Waals surface area contributed by atoms with Crippen LogP contribution in [0.2, 0.25) is 0 Å². The van der Waals surface area contributed by atoms with Crippen molar-refractivity contribution in [2.24, 2.45) is 0 Å². The van der Waals surface area contributed by atoms with Gasteiger partial charge in [0.2, 0.25) is 0 Å². The lowest BCUT2D eigenvalue weighted by atomic mass is 10.0. The third-order valence-electron chi connectivity index (χ3n) is 9.45. The lowest BCUT2D eigenvalue weighted by Gasteiger charge is -2.15. The van der Waals surface area contributed by atoms with E-state index < -0.39 is 0 Å². The van der Waals surface area contributed by atoms with E-state index in [0.717, 1.165) is 44.5 Å². The predicted molar refractivity (Wildman–Crippen MR) is 209 cm³/mol. The summed E-state index contributed by atoms with van der Waals surface area (Å²) in [5.74, 6) is 1.90. The lowest BCUT2D eigenvalue weighted by Crippen LogP contribution is -2.03. The van der Waals surface area contributed by atoms with Crippen molar-refractivity contribution in [1.29, 1.82) is 0 Å². The van der Waals surface area contributed by atoms with E-state index in [1.54, 1.807) is 0 Å². The Labute approximate surface area is 292 Å². The Balaban J connectivity index is 1.29. The maximum atomic E-state index is 5.30. The molecule has 0 spiro atoms. The lowest BCUT2D eigenvalue weighted by molar-refractivity contribution is 1.07. The monoisotopic (exact) mass is 656 g/mol. The van der Waals surface area contributed by atoms with Crippen molar-refractivity contribution < 1.29 is 0 Å². The highest BCUT2D eigenvalue weighted by Crippen LogP contribution is 2.42. The number of aromatic nitrogens is 4. The fourth-order valence-electron chi connectivity index (χ4n) is 7.12. The molecule has 234 valence electrons. The van der Waals surface area contributed by atoms with Crippen LogP contribution < -0.4 is 0 Å². The zero-order chi connectivity index (χ0) is 33.0. The zero-order valence-corrected chi connectivity index (χ0v) is 27.7. The number of fused-ring (bicyclic) bond motifs is 6. The number of hydrogen-bond donors (Lipinski definition) is 0. The fraction of sp³-hybridized carbons (Fsp3) is 0. The highest BCUT2D eigenvalue weighted by molar-refractivity contribution is 7.25. The Morgan fingerprint density at radius 3 is 1.62 bits per heavy atom. The quantitative estimate of drug-likeness (QED) is 0.185. The highest BCUT2D eigenvalue weighted by Gasteiger charge is 2.21. The molecule has 50 heavy (non-hydrogen) atoms. The average molecular weight is 657 g/mol. The van der Waals surface area contributed by atoms with E-state index in [4.69, 9.17) is 15.0 Å². The minimum absolute atomic E-state index is 0.632. The summed E-state index contributed by atoms with van der Waals surface area (Å²) in [4.78, 5) is 15.7. The van der Waals surface area contributed by atoms with Crippen molar-refractivity contribution in [3.63, 3.8) is 0 Å². The van der Waals surface area contributed by atoms with Crippen molar-refractivity contribution in [3.05, 3.63) is 170 Å². The predicted octanol–water partition coefficient (Wildman–Crippen LogP) is 12.0. The normalized spacial score (nSPS) is 11.6. The number of thiophene rings is 1. The van der Waals surface area contributed by atoms with Crippen LogP contribution in [0.3, 0.4) is 0 Å². The molecule has 0 fully saturated rings. The molecule has 0 radical (unpaired) electrons. The Morgan fingerprint density at radius 2 is 0.900 bits per heavy atom. The number of benzene rings is 7. The minimum atomic E-state index is 0.632. The van der Waals surface area contributed by atoms with Crippen LogP contribution >= 0.6 is 11.3 Å². The van der Waals surface area contributed by atoms with Crippen LogP contribution in [-0.4, -0.2) is 19.5 Å². The topological polar surface area (TPSA) is 43.6 Å². The number of nitrogens with zero attached hydrogens (tertiary/aromatic N) is 4. The maximum absolute atomic E-state index is 5.30. The zero-order valence-electron chi connectivity index (χ0n) is 26.9. The summed E-state index contributed by atoms with van der Waals surface area (Å²) in [5.41, 5.74) is 8.42. The van der Waals surface area contributed by atoms with Gasteiger partial charge in [-0.05, 0) is 47.5 Å². The highest BCUT2D eigenvalue weighted by atomic mass is 32.1. The first kappa shape index (κ1) is 28.6. The van der Waals surface area contributed by atoms with Gasteiger partial charge in [0.1, 0.15) is 0 Å². The van der Waals surface area contributed by atoms with E-state index in [1.807, 2.05) is 35.6 Å². The van der Waals surface area contributed by atoms with Gasteiger partial charge in [-0.1, -0.05) is 133 Å². The van der Waals surface area contributed by atoms with E-state index in [9.17, 15) is 0 Å². The molecular weight excluding hydrogens is 629 g/mol. The molecule has 3 aromatic heterocycles. The molecule has 0 unspecified atom stereocenters. The van der Waals surface area contributed by atoms with Crippen LogP contribution in [0, 0.1) is 0 Å². The Bertz CT molecular complexity index is 2820. The number of hydrogen-bond acceptors (Lipinski definition) is 4. The van der Waals surface area contributed by atoms with E-state index >= 15 is 0 Å². The third-order valence-corrected chi connectivity index (χ3v) is 10.6. The van der Waals surface area contributed by atoms with Crippen molar-refractivity contribution >= 4 is 53.3 Å². The maximum Gasteiger partial charge on any atom is 0.166 e. The first-order chi connectivity index (χ1) is 24.8. The van der Waals surface area contributed by atoms with Gasteiger partial charge in [0.25, 0.3) is 0 Å². The molecule has 0 bridgehead atoms. The molecule has 0 saturated carbocycles. The van der Waals surface area contributed by atoms with Crippen LogP contribution in [0.15, 0.2) is 170 Å². The van der Waals surface area contributed by atoms with Gasteiger partial charge in [0, 0.05) is 47.6 Å². The minimum Gasteiger partial charge on any atom is -0.308 e. The third kappa shape index (κ3) is 4.71. The second-order valence-electron chi connectivity index (χ2n) is 12.5. The Morgan fingerprint density at radius 1 is 0.360 bits per heavy atom. The first-order valence-electron chi connectivity index (χ1n) is 16.7. The molecule has 3 heterocycles. The Kier molecular flexibility index (Phi) is 6.64. The van der Waals surface area contributed by atoms with Gasteiger partial charge in [-0.25, -0.2) is 15.0 Å². The summed E-state index contributed by atoms with van der Waals surface area (Å²) in [6.07, 6.45) is 0. The number of rotatable bonds is 5. The molecule has 0 aliphatic heterocycles. The smallest absolute Gasteiger partial charge is 0.166 e. The summed E-state index contributed by atoms with van der Waals surface area (Å²) in [7, 11) is 0. The molecule has 0 aliphatic carbocycles. The fourth-order valence-corrected chi connectivity index (χ4v) is 8.24. The van der Waals surface area contributed by atoms with Gasteiger partial charge in [-0.15, -0.1) is 11.3 Å². The first-order valence-corrected chi connectivity index (χ1v) is 17.5. The summed E-state index contributed by atoms with van der Waals surface area (Å²) in [6, 6.07) is 59.7. The molecule has 7 aromatic carbocycles. The summed E-state index contributed by atoms with van der Waals surface area (Å²) < 4.78 is 4.86. The molecule has 10 rings (SSSR count). The van der Waals surface area contributed by atoms with E-state index in [1.165, 1.54) is 30.9 Å². The second-order valence-corrected chi connectivity index (χ2v) is 13.5.